The van der Waals surface area contributed by atoms with Gasteiger partial charge in [0.2, 0.25) is 0 Å². The van der Waals surface area contributed by atoms with Gasteiger partial charge in [0.1, 0.15) is 0 Å². The number of aliphatic carboxylic acids is 4. The fourth-order valence-corrected chi connectivity index (χ4v) is 0. The Balaban J connectivity index is -0.0000000367. The zero-order valence-electron chi connectivity index (χ0n) is 8.76. The molecule has 0 amide bonds. The normalized spacial score (nSPS) is 5.88. The molecule has 0 aromatic rings. The number of carboxylic acids is 4. The summed E-state index contributed by atoms with van der Waals surface area (Å²) in [6.45, 7) is 1.94. The number of carbonyl (C=O) groups excluding carboxylic acids is 2. The monoisotopic (exact) mass is 288 g/mol. The van der Waals surface area contributed by atoms with Gasteiger partial charge in [0.25, 0.3) is 0 Å². The van der Waals surface area contributed by atoms with Gasteiger partial charge in [-0.25, -0.2) is 9.59 Å². The Bertz CT molecular complexity index is 195. The van der Waals surface area contributed by atoms with Crippen molar-refractivity contribution >= 4 is 99.4 Å². The number of carboxylic acid groups (broad SMARTS) is 4. The molecule has 0 aromatic carbocycles. The maximum Gasteiger partial charge on any atom is 2.00 e. The largest absolute Gasteiger partial charge is 2.00 e. The quantitative estimate of drug-likeness (QED) is 0.336. The van der Waals surface area contributed by atoms with Crippen molar-refractivity contribution in [3.8, 4) is 0 Å². The van der Waals surface area contributed by atoms with Gasteiger partial charge in [0.15, 0.2) is 0 Å². The van der Waals surface area contributed by atoms with Crippen molar-refractivity contribution in [3.63, 3.8) is 0 Å². The van der Waals surface area contributed by atoms with Crippen molar-refractivity contribution < 1.29 is 39.6 Å². The zero-order valence-corrected chi connectivity index (χ0v) is 13.2. The van der Waals surface area contributed by atoms with Crippen LogP contribution in [0.1, 0.15) is 13.8 Å². The molecule has 0 spiro atoms. The van der Waals surface area contributed by atoms with Crippen LogP contribution in [0.5, 0.6) is 0 Å². The SMILES string of the molecule is CC(=O)[O-].CC(=O)[O-].O=C(O)C(=O)O.[Ca+2].[Ca+2]. The minimum atomic E-state index is -1.82. The standard InChI is InChI=1S/C2H2O4.2C2H4O2.2Ca/c3-1(4)2(5)6;2*1-2(3)4;;/h(H,3,4)(H,5,6);2*1H3,(H,3,4);;/q;;;2*+2/p-2. The molecule has 0 saturated carbocycles. The van der Waals surface area contributed by atoms with Crippen LogP contribution in [0.3, 0.4) is 0 Å². The molecule has 0 aliphatic rings. The molecule has 10 heteroatoms. The van der Waals surface area contributed by atoms with Crippen molar-refractivity contribution in [2.75, 3.05) is 0 Å². The maximum absolute atomic E-state index is 9.10. The molecule has 0 saturated heterocycles. The van der Waals surface area contributed by atoms with E-state index >= 15 is 0 Å². The minimum absolute atomic E-state index is 0. The second kappa shape index (κ2) is 20.8. The van der Waals surface area contributed by atoms with E-state index in [1.54, 1.807) is 0 Å². The van der Waals surface area contributed by atoms with Crippen LogP contribution in [0.25, 0.3) is 0 Å². The van der Waals surface area contributed by atoms with Crippen LogP contribution in [0, 0.1) is 0 Å². The van der Waals surface area contributed by atoms with Crippen molar-refractivity contribution in [3.05, 3.63) is 0 Å². The molecule has 0 aliphatic carbocycles. The molecule has 0 atom stereocenters. The van der Waals surface area contributed by atoms with Gasteiger partial charge in [0.05, 0.1) is 0 Å². The van der Waals surface area contributed by atoms with Crippen LogP contribution in [-0.4, -0.2) is 110 Å². The van der Waals surface area contributed by atoms with E-state index in [9.17, 15) is 0 Å². The summed E-state index contributed by atoms with van der Waals surface area (Å²) in [6, 6.07) is 0. The fraction of sp³-hybridized carbons (Fsp3) is 0.333. The first-order valence-electron chi connectivity index (χ1n) is 2.92. The van der Waals surface area contributed by atoms with Gasteiger partial charge < -0.3 is 30.0 Å². The van der Waals surface area contributed by atoms with E-state index in [4.69, 9.17) is 39.6 Å². The third-order valence-electron chi connectivity index (χ3n) is 0.183. The summed E-state index contributed by atoms with van der Waals surface area (Å²) in [7, 11) is 0. The molecular formula is C6H8Ca2O8+2. The molecule has 0 bridgehead atoms. The molecule has 0 fully saturated rings. The van der Waals surface area contributed by atoms with E-state index in [2.05, 4.69) is 0 Å². The summed E-state index contributed by atoms with van der Waals surface area (Å²) in [4.78, 5) is 36.0. The molecular weight excluding hydrogens is 280 g/mol. The molecule has 0 rings (SSSR count). The van der Waals surface area contributed by atoms with Gasteiger partial charge in [0, 0.05) is 11.9 Å². The molecule has 2 N–H and O–H groups in total. The summed E-state index contributed by atoms with van der Waals surface area (Å²) >= 11 is 0. The molecule has 0 radical (unpaired) electrons. The predicted molar refractivity (Wildman–Crippen MR) is 48.1 cm³/mol. The van der Waals surface area contributed by atoms with Crippen molar-refractivity contribution in [1.29, 1.82) is 0 Å². The predicted octanol–water partition coefficient (Wildman–Crippen LogP) is -4.09. The van der Waals surface area contributed by atoms with E-state index in [-0.39, 0.29) is 75.5 Å². The molecule has 0 unspecified atom stereocenters. The van der Waals surface area contributed by atoms with Crippen LogP contribution < -0.4 is 10.2 Å². The Labute approximate surface area is 151 Å². The van der Waals surface area contributed by atoms with Gasteiger partial charge in [-0.15, -0.1) is 0 Å². The summed E-state index contributed by atoms with van der Waals surface area (Å²) in [5.41, 5.74) is 0. The minimum Gasteiger partial charge on any atom is -0.550 e. The van der Waals surface area contributed by atoms with Gasteiger partial charge in [-0.2, -0.15) is 0 Å². The maximum atomic E-state index is 9.10. The first-order chi connectivity index (χ1) is 6.11. The van der Waals surface area contributed by atoms with Gasteiger partial charge >= 0.3 is 87.4 Å². The number of carbonyl (C=O) groups is 4. The molecule has 8 nitrogen and oxygen atoms in total. The van der Waals surface area contributed by atoms with E-state index < -0.39 is 23.9 Å². The van der Waals surface area contributed by atoms with Gasteiger partial charge in [-0.3, -0.25) is 0 Å². The van der Waals surface area contributed by atoms with E-state index in [1.807, 2.05) is 0 Å². The second-order valence-electron chi connectivity index (χ2n) is 1.59. The summed E-state index contributed by atoms with van der Waals surface area (Å²) in [6.07, 6.45) is 0. The van der Waals surface area contributed by atoms with E-state index in [1.165, 1.54) is 0 Å². The van der Waals surface area contributed by atoms with Crippen molar-refractivity contribution in [2.45, 2.75) is 13.8 Å². The molecule has 82 valence electrons. The van der Waals surface area contributed by atoms with E-state index in [0.717, 1.165) is 13.8 Å². The first-order valence-corrected chi connectivity index (χ1v) is 2.92. The molecule has 0 aliphatic heterocycles. The van der Waals surface area contributed by atoms with Crippen LogP contribution in [-0.2, 0) is 19.2 Å². The fourth-order valence-electron chi connectivity index (χ4n) is 0. The first kappa shape index (κ1) is 29.9. The number of rotatable bonds is 0. The third kappa shape index (κ3) is 134. The Kier molecular flexibility index (Phi) is 38.8. The van der Waals surface area contributed by atoms with Crippen molar-refractivity contribution in [2.24, 2.45) is 0 Å². The van der Waals surface area contributed by atoms with Crippen LogP contribution in [0.15, 0.2) is 0 Å². The average molecular weight is 288 g/mol. The molecule has 16 heavy (non-hydrogen) atoms. The number of hydrogen-bond donors (Lipinski definition) is 2. The van der Waals surface area contributed by atoms with Crippen molar-refractivity contribution in [1.82, 2.24) is 0 Å². The second-order valence-corrected chi connectivity index (χ2v) is 1.59. The van der Waals surface area contributed by atoms with Crippen LogP contribution in [0.2, 0.25) is 0 Å². The average Bonchev–Trinajstić information content (AvgIpc) is 1.83. The van der Waals surface area contributed by atoms with Gasteiger partial charge in [-0.05, 0) is 13.8 Å². The van der Waals surface area contributed by atoms with Gasteiger partial charge in [-0.1, -0.05) is 0 Å². The third-order valence-corrected chi connectivity index (χ3v) is 0.183. The summed E-state index contributed by atoms with van der Waals surface area (Å²) < 4.78 is 0. The Morgan fingerprint density at radius 3 is 0.812 bits per heavy atom. The zero-order chi connectivity index (χ0) is 12.3. The Hall–Kier alpha value is 0.399. The Morgan fingerprint density at radius 1 is 0.750 bits per heavy atom. The van der Waals surface area contributed by atoms with E-state index in [0.29, 0.717) is 0 Å². The molecule has 0 heterocycles. The smallest absolute Gasteiger partial charge is 0.550 e. The van der Waals surface area contributed by atoms with Crippen LogP contribution in [0.4, 0.5) is 0 Å². The summed E-state index contributed by atoms with van der Waals surface area (Å²) in [5.74, 6) is -5.81. The van der Waals surface area contributed by atoms with Crippen LogP contribution >= 0.6 is 0 Å². The summed E-state index contributed by atoms with van der Waals surface area (Å²) in [5, 5.41) is 32.6. The number of hydrogen-bond acceptors (Lipinski definition) is 6. The topological polar surface area (TPSA) is 155 Å². The Morgan fingerprint density at radius 2 is 0.812 bits per heavy atom. The molecule has 0 aromatic heterocycles.